The Kier molecular flexibility index (Phi) is 6.55. The maximum atomic E-state index is 12.6. The van der Waals surface area contributed by atoms with Crippen LogP contribution in [0.1, 0.15) is 55.8 Å². The van der Waals surface area contributed by atoms with Crippen LogP contribution >= 0.6 is 11.3 Å². The zero-order chi connectivity index (χ0) is 22.0. The molecule has 1 aliphatic carbocycles. The average molecular weight is 446 g/mol. The second-order valence-electron chi connectivity index (χ2n) is 8.29. The average Bonchev–Trinajstić information content (AvgIpc) is 3.53. The summed E-state index contributed by atoms with van der Waals surface area (Å²) in [6.45, 7) is 2.75. The third-order valence-electron chi connectivity index (χ3n) is 6.52. The normalized spacial score (nSPS) is 23.7. The number of thiazole rings is 1. The van der Waals surface area contributed by atoms with Crippen molar-refractivity contribution in [3.63, 3.8) is 0 Å². The number of aromatic nitrogens is 1. The van der Waals surface area contributed by atoms with Crippen LogP contribution < -0.4 is 14.8 Å². The largest absolute Gasteiger partial charge is 0.493 e. The lowest BCUT2D eigenvalue weighted by Gasteiger charge is -2.24. The first-order valence-corrected chi connectivity index (χ1v) is 11.8. The first-order chi connectivity index (χ1) is 15.0. The third-order valence-corrected chi connectivity index (χ3v) is 7.40. The fourth-order valence-electron chi connectivity index (χ4n) is 4.88. The summed E-state index contributed by atoms with van der Waals surface area (Å²) in [7, 11) is 4.95. The van der Waals surface area contributed by atoms with Gasteiger partial charge in [-0.3, -0.25) is 4.90 Å². The summed E-state index contributed by atoms with van der Waals surface area (Å²) in [6, 6.07) is 6.01. The van der Waals surface area contributed by atoms with Crippen molar-refractivity contribution in [3.05, 3.63) is 34.8 Å². The number of carbonyl (C=O) groups excluding carboxylic acids is 1. The van der Waals surface area contributed by atoms with E-state index < -0.39 is 0 Å². The molecule has 4 rings (SSSR count). The molecule has 8 heteroatoms. The van der Waals surface area contributed by atoms with Gasteiger partial charge in [-0.2, -0.15) is 0 Å². The van der Waals surface area contributed by atoms with Gasteiger partial charge in [0.25, 0.3) is 0 Å². The van der Waals surface area contributed by atoms with Gasteiger partial charge in [-0.05, 0) is 49.3 Å². The minimum atomic E-state index is -0.325. The molecule has 0 bridgehead atoms. The van der Waals surface area contributed by atoms with Gasteiger partial charge in [-0.1, -0.05) is 13.0 Å². The van der Waals surface area contributed by atoms with Gasteiger partial charge in [0.1, 0.15) is 0 Å². The van der Waals surface area contributed by atoms with E-state index >= 15 is 0 Å². The summed E-state index contributed by atoms with van der Waals surface area (Å²) in [6.07, 6.45) is 4.52. The van der Waals surface area contributed by atoms with Crippen molar-refractivity contribution in [2.45, 2.75) is 50.7 Å². The van der Waals surface area contributed by atoms with Gasteiger partial charge in [0.05, 0.1) is 32.1 Å². The smallest absolute Gasteiger partial charge is 0.410 e. The number of carbonyl (C=O) groups is 1. The Hall–Kier alpha value is -2.48. The van der Waals surface area contributed by atoms with Crippen LogP contribution in [-0.4, -0.2) is 49.9 Å². The van der Waals surface area contributed by atoms with E-state index in [1.165, 1.54) is 20.0 Å². The molecule has 1 aliphatic heterocycles. The van der Waals surface area contributed by atoms with E-state index in [-0.39, 0.29) is 30.1 Å². The zero-order valence-corrected chi connectivity index (χ0v) is 19.4. The summed E-state index contributed by atoms with van der Waals surface area (Å²) < 4.78 is 17.0. The van der Waals surface area contributed by atoms with Gasteiger partial charge in [0, 0.05) is 24.9 Å². The monoisotopic (exact) mass is 445 g/mol. The number of rotatable bonds is 6. The molecule has 1 N–H and O–H groups in total. The molecule has 1 aromatic carbocycles. The van der Waals surface area contributed by atoms with Gasteiger partial charge in [-0.15, -0.1) is 11.3 Å². The standard InChI is InChI=1S/C23H31N3O4S/c1-14-17(12-26(23(27)29-4)21(14)18-13-31-22(24-2)25-18)15-9-10-19(28-3)20(11-15)30-16-7-5-6-8-16/h9-11,13-14,16-17,21H,5-8,12H2,1-4H3,(H,24,25)/t14-,17-,21?/m1/s1. The molecule has 2 aliphatic rings. The Labute approximate surface area is 187 Å². The van der Waals surface area contributed by atoms with Crippen molar-refractivity contribution in [2.75, 3.05) is 33.1 Å². The SMILES string of the molecule is CNc1nc(C2[C@H](C)[C@H](c3ccc(OC)c(OC4CCCC4)c3)CN2C(=O)OC)cs1. The molecule has 1 amide bonds. The van der Waals surface area contributed by atoms with Crippen LogP contribution in [0, 0.1) is 5.92 Å². The number of likely N-dealkylation sites (tertiary alicyclic amines) is 1. The van der Waals surface area contributed by atoms with Crippen LogP contribution in [0.15, 0.2) is 23.6 Å². The number of methoxy groups -OCH3 is 2. The van der Waals surface area contributed by atoms with Crippen LogP contribution in [-0.2, 0) is 4.74 Å². The summed E-state index contributed by atoms with van der Waals surface area (Å²) in [4.78, 5) is 19.1. The minimum absolute atomic E-state index is 0.140. The van der Waals surface area contributed by atoms with Crippen molar-refractivity contribution in [3.8, 4) is 11.5 Å². The molecule has 1 saturated heterocycles. The summed E-state index contributed by atoms with van der Waals surface area (Å²) in [5, 5.41) is 5.95. The molecule has 168 valence electrons. The van der Waals surface area contributed by atoms with Crippen LogP contribution in [0.3, 0.4) is 0 Å². The maximum absolute atomic E-state index is 12.6. The van der Waals surface area contributed by atoms with E-state index in [4.69, 9.17) is 14.2 Å². The molecule has 2 fully saturated rings. The number of anilines is 1. The number of hydrogen-bond acceptors (Lipinski definition) is 7. The third kappa shape index (κ3) is 4.31. The Bertz CT molecular complexity index is 912. The molecular formula is C23H31N3O4S. The van der Waals surface area contributed by atoms with Crippen molar-refractivity contribution < 1.29 is 19.0 Å². The van der Waals surface area contributed by atoms with Gasteiger partial charge in [-0.25, -0.2) is 9.78 Å². The van der Waals surface area contributed by atoms with Crippen LogP contribution in [0.5, 0.6) is 11.5 Å². The highest BCUT2D eigenvalue weighted by Gasteiger charge is 2.44. The van der Waals surface area contributed by atoms with Crippen molar-refractivity contribution in [1.29, 1.82) is 0 Å². The molecule has 1 unspecified atom stereocenters. The second kappa shape index (κ2) is 9.34. The highest BCUT2D eigenvalue weighted by atomic mass is 32.1. The topological polar surface area (TPSA) is 72.9 Å². The van der Waals surface area contributed by atoms with E-state index in [9.17, 15) is 4.79 Å². The van der Waals surface area contributed by atoms with E-state index in [2.05, 4.69) is 29.4 Å². The molecule has 3 atom stereocenters. The Morgan fingerprint density at radius 3 is 2.65 bits per heavy atom. The van der Waals surface area contributed by atoms with E-state index in [0.717, 1.165) is 40.7 Å². The fourth-order valence-corrected chi connectivity index (χ4v) is 5.58. The van der Waals surface area contributed by atoms with Crippen LogP contribution in [0.2, 0.25) is 0 Å². The number of amides is 1. The molecule has 7 nitrogen and oxygen atoms in total. The summed E-state index contributed by atoms with van der Waals surface area (Å²) in [5.41, 5.74) is 2.03. The molecule has 2 aromatic rings. The van der Waals surface area contributed by atoms with E-state index in [0.29, 0.717) is 6.54 Å². The molecule has 31 heavy (non-hydrogen) atoms. The van der Waals surface area contributed by atoms with Crippen molar-refractivity contribution >= 4 is 22.6 Å². The number of nitrogens with one attached hydrogen (secondary N) is 1. The maximum Gasteiger partial charge on any atom is 0.410 e. The highest BCUT2D eigenvalue weighted by Crippen LogP contribution is 2.47. The lowest BCUT2D eigenvalue weighted by Crippen LogP contribution is -2.31. The molecule has 0 spiro atoms. The molecule has 1 saturated carbocycles. The van der Waals surface area contributed by atoms with E-state index in [1.54, 1.807) is 23.3 Å². The molecule has 2 heterocycles. The van der Waals surface area contributed by atoms with Gasteiger partial charge < -0.3 is 19.5 Å². The predicted octanol–water partition coefficient (Wildman–Crippen LogP) is 5.06. The van der Waals surface area contributed by atoms with Gasteiger partial charge >= 0.3 is 6.09 Å². The molecule has 1 aromatic heterocycles. The Morgan fingerprint density at radius 1 is 1.23 bits per heavy atom. The fraction of sp³-hybridized carbons (Fsp3) is 0.565. The first-order valence-electron chi connectivity index (χ1n) is 10.9. The number of benzene rings is 1. The van der Waals surface area contributed by atoms with Crippen molar-refractivity contribution in [1.82, 2.24) is 9.88 Å². The Balaban J connectivity index is 1.64. The highest BCUT2D eigenvalue weighted by molar-refractivity contribution is 7.13. The molecular weight excluding hydrogens is 414 g/mol. The van der Waals surface area contributed by atoms with Crippen LogP contribution in [0.4, 0.5) is 9.93 Å². The van der Waals surface area contributed by atoms with Gasteiger partial charge in [0.15, 0.2) is 16.6 Å². The second-order valence-corrected chi connectivity index (χ2v) is 9.15. The predicted molar refractivity (Wildman–Crippen MR) is 121 cm³/mol. The number of nitrogens with zero attached hydrogens (tertiary/aromatic N) is 2. The van der Waals surface area contributed by atoms with E-state index in [1.807, 2.05) is 18.5 Å². The lowest BCUT2D eigenvalue weighted by molar-refractivity contribution is 0.114. The Morgan fingerprint density at radius 2 is 2.00 bits per heavy atom. The first kappa shape index (κ1) is 21.7. The zero-order valence-electron chi connectivity index (χ0n) is 18.6. The number of hydrogen-bond donors (Lipinski definition) is 1. The summed E-state index contributed by atoms with van der Waals surface area (Å²) >= 11 is 1.54. The lowest BCUT2D eigenvalue weighted by atomic mass is 9.85. The number of ether oxygens (including phenoxy) is 3. The summed E-state index contributed by atoms with van der Waals surface area (Å²) in [5.74, 6) is 1.85. The van der Waals surface area contributed by atoms with Gasteiger partial charge in [0.2, 0.25) is 0 Å². The van der Waals surface area contributed by atoms with Crippen LogP contribution in [0.25, 0.3) is 0 Å². The quantitative estimate of drug-likeness (QED) is 0.670. The molecule has 0 radical (unpaired) electrons. The minimum Gasteiger partial charge on any atom is -0.493 e. The van der Waals surface area contributed by atoms with Crippen molar-refractivity contribution in [2.24, 2.45) is 5.92 Å².